The summed E-state index contributed by atoms with van der Waals surface area (Å²) < 4.78 is 0. The van der Waals surface area contributed by atoms with Crippen molar-refractivity contribution in [2.45, 2.75) is 18.2 Å². The normalized spacial score (nSPS) is 16.1. The van der Waals surface area contributed by atoms with E-state index >= 15 is 0 Å². The number of hydrogen-bond acceptors (Lipinski definition) is 4. The maximum Gasteiger partial charge on any atom is 0.115 e. The maximum absolute atomic E-state index is 11.1. The van der Waals surface area contributed by atoms with Crippen LogP contribution in [0.25, 0.3) is 0 Å². The van der Waals surface area contributed by atoms with Gasteiger partial charge in [-0.15, -0.1) is 0 Å². The lowest BCUT2D eigenvalue weighted by Gasteiger charge is -2.50. The molecule has 0 saturated carbocycles. The number of rotatable bonds is 6. The second kappa shape index (κ2) is 7.43. The fraction of sp³-hybridized carbons (Fsp3) is 0.217. The van der Waals surface area contributed by atoms with Crippen LogP contribution in [0.1, 0.15) is 28.3 Å². The summed E-state index contributed by atoms with van der Waals surface area (Å²) in [6.45, 7) is 1.21. The average Bonchev–Trinajstić information content (AvgIpc) is 2.69. The SMILES string of the molecule is O=NCc1cccc(C2(O)CN(C(c3ccccc3)c3ccccc3)C2)c1. The number of aliphatic hydroxyl groups is 1. The Kier molecular flexibility index (Phi) is 4.84. The number of benzene rings is 3. The van der Waals surface area contributed by atoms with Crippen molar-refractivity contribution in [2.24, 2.45) is 5.18 Å². The summed E-state index contributed by atoms with van der Waals surface area (Å²) in [6, 6.07) is 28.4. The lowest BCUT2D eigenvalue weighted by atomic mass is 9.82. The minimum Gasteiger partial charge on any atom is -0.382 e. The van der Waals surface area contributed by atoms with Crippen LogP contribution in [-0.2, 0) is 12.1 Å². The van der Waals surface area contributed by atoms with E-state index in [9.17, 15) is 10.0 Å². The molecule has 136 valence electrons. The quantitative estimate of drug-likeness (QED) is 0.671. The first kappa shape index (κ1) is 17.6. The third-order valence-corrected chi connectivity index (χ3v) is 5.24. The molecule has 0 aliphatic carbocycles. The van der Waals surface area contributed by atoms with Crippen LogP contribution in [0.2, 0.25) is 0 Å². The van der Waals surface area contributed by atoms with Gasteiger partial charge in [0.25, 0.3) is 0 Å². The largest absolute Gasteiger partial charge is 0.382 e. The summed E-state index contributed by atoms with van der Waals surface area (Å²) in [5, 5.41) is 14.1. The van der Waals surface area contributed by atoms with Gasteiger partial charge >= 0.3 is 0 Å². The van der Waals surface area contributed by atoms with E-state index in [4.69, 9.17) is 0 Å². The van der Waals surface area contributed by atoms with Crippen LogP contribution >= 0.6 is 0 Å². The minimum atomic E-state index is -0.902. The van der Waals surface area contributed by atoms with Crippen LogP contribution < -0.4 is 0 Å². The van der Waals surface area contributed by atoms with Crippen molar-refractivity contribution >= 4 is 0 Å². The van der Waals surface area contributed by atoms with E-state index < -0.39 is 5.60 Å². The molecule has 4 rings (SSSR count). The molecular weight excluding hydrogens is 336 g/mol. The zero-order valence-electron chi connectivity index (χ0n) is 15.0. The van der Waals surface area contributed by atoms with E-state index in [0.717, 1.165) is 11.1 Å². The summed E-state index contributed by atoms with van der Waals surface area (Å²) in [4.78, 5) is 12.8. The van der Waals surface area contributed by atoms with Gasteiger partial charge in [-0.25, -0.2) is 0 Å². The highest BCUT2D eigenvalue weighted by Crippen LogP contribution is 2.40. The highest BCUT2D eigenvalue weighted by Gasteiger charge is 2.46. The monoisotopic (exact) mass is 358 g/mol. The standard InChI is InChI=1S/C23H22N2O2/c26-23(21-13-7-8-18(14-21)15-24-27)16-25(17-23)22(19-9-3-1-4-10-19)20-11-5-2-6-12-20/h1-14,22,26H,15-17H2. The zero-order chi connectivity index (χ0) is 18.7. The van der Waals surface area contributed by atoms with Crippen molar-refractivity contribution in [1.29, 1.82) is 0 Å². The van der Waals surface area contributed by atoms with Crippen LogP contribution in [0.15, 0.2) is 90.1 Å². The Morgan fingerprint density at radius 1 is 0.889 bits per heavy atom. The number of hydrogen-bond donors (Lipinski definition) is 1. The van der Waals surface area contributed by atoms with Gasteiger partial charge in [0.05, 0.1) is 6.04 Å². The molecule has 3 aromatic carbocycles. The number of likely N-dealkylation sites (tertiary alicyclic amines) is 1. The number of nitrogens with zero attached hydrogens (tertiary/aromatic N) is 2. The topological polar surface area (TPSA) is 52.9 Å². The first-order valence-corrected chi connectivity index (χ1v) is 9.14. The van der Waals surface area contributed by atoms with Gasteiger partial charge in [-0.05, 0) is 22.3 Å². The molecule has 0 amide bonds. The maximum atomic E-state index is 11.1. The van der Waals surface area contributed by atoms with E-state index in [2.05, 4.69) is 34.3 Å². The van der Waals surface area contributed by atoms with Crippen molar-refractivity contribution in [3.63, 3.8) is 0 Å². The first-order chi connectivity index (χ1) is 13.2. The Hall–Kier alpha value is -2.82. The Labute approximate surface area is 159 Å². The molecule has 1 fully saturated rings. The molecule has 3 aromatic rings. The lowest BCUT2D eigenvalue weighted by Crippen LogP contribution is -2.60. The fourth-order valence-corrected chi connectivity index (χ4v) is 3.91. The molecule has 1 heterocycles. The molecule has 0 aromatic heterocycles. The predicted octanol–water partition coefficient (Wildman–Crippen LogP) is 4.25. The van der Waals surface area contributed by atoms with Crippen LogP contribution in [0, 0.1) is 4.91 Å². The molecule has 0 atom stereocenters. The van der Waals surface area contributed by atoms with Crippen molar-refractivity contribution in [1.82, 2.24) is 4.90 Å². The highest BCUT2D eigenvalue weighted by atomic mass is 16.3. The number of nitroso groups, excluding NO2 is 1. The summed E-state index contributed by atoms with van der Waals surface area (Å²) in [5.74, 6) is 0. The van der Waals surface area contributed by atoms with E-state index in [-0.39, 0.29) is 12.6 Å². The minimum absolute atomic E-state index is 0.104. The van der Waals surface area contributed by atoms with Crippen LogP contribution in [0.5, 0.6) is 0 Å². The molecule has 0 bridgehead atoms. The van der Waals surface area contributed by atoms with E-state index in [1.54, 1.807) is 0 Å². The van der Waals surface area contributed by atoms with Crippen molar-refractivity contribution in [3.05, 3.63) is 112 Å². The molecule has 1 aliphatic heterocycles. The Morgan fingerprint density at radius 3 is 2.04 bits per heavy atom. The molecule has 0 spiro atoms. The Morgan fingerprint density at radius 2 is 1.48 bits per heavy atom. The molecule has 1 saturated heterocycles. The van der Waals surface area contributed by atoms with E-state index in [0.29, 0.717) is 13.1 Å². The third kappa shape index (κ3) is 3.54. The summed E-state index contributed by atoms with van der Waals surface area (Å²) in [6.07, 6.45) is 0. The smallest absolute Gasteiger partial charge is 0.115 e. The van der Waals surface area contributed by atoms with Gasteiger partial charge in [0, 0.05) is 13.1 Å². The van der Waals surface area contributed by atoms with Gasteiger partial charge in [0.15, 0.2) is 0 Å². The van der Waals surface area contributed by atoms with Gasteiger partial charge in [-0.2, -0.15) is 4.91 Å². The molecule has 1 N–H and O–H groups in total. The van der Waals surface area contributed by atoms with Crippen molar-refractivity contribution < 1.29 is 5.11 Å². The average molecular weight is 358 g/mol. The van der Waals surface area contributed by atoms with E-state index in [1.165, 1.54) is 11.1 Å². The second-order valence-corrected chi connectivity index (χ2v) is 7.15. The Balaban J connectivity index is 1.60. The first-order valence-electron chi connectivity index (χ1n) is 9.14. The zero-order valence-corrected chi connectivity index (χ0v) is 15.0. The Bertz CT molecular complexity index is 866. The second-order valence-electron chi connectivity index (χ2n) is 7.15. The van der Waals surface area contributed by atoms with Crippen LogP contribution in [-0.4, -0.2) is 23.1 Å². The molecule has 0 unspecified atom stereocenters. The summed E-state index contributed by atoms with van der Waals surface area (Å²) in [7, 11) is 0. The van der Waals surface area contributed by atoms with E-state index in [1.807, 2.05) is 60.7 Å². The molecule has 27 heavy (non-hydrogen) atoms. The van der Waals surface area contributed by atoms with Gasteiger partial charge in [0.2, 0.25) is 0 Å². The van der Waals surface area contributed by atoms with Gasteiger partial charge in [-0.3, -0.25) is 4.90 Å². The summed E-state index contributed by atoms with van der Waals surface area (Å²) >= 11 is 0. The number of β-amino-alcohol motifs (C(OH)–C–C–N with tert-alkyl or cyclic N) is 1. The molecular formula is C23H22N2O2. The molecule has 4 heteroatoms. The van der Waals surface area contributed by atoms with Gasteiger partial charge in [0.1, 0.15) is 12.1 Å². The van der Waals surface area contributed by atoms with Crippen LogP contribution in [0.4, 0.5) is 0 Å². The fourth-order valence-electron chi connectivity index (χ4n) is 3.91. The van der Waals surface area contributed by atoms with Gasteiger partial charge in [-0.1, -0.05) is 90.1 Å². The molecule has 1 aliphatic rings. The molecule has 4 nitrogen and oxygen atoms in total. The van der Waals surface area contributed by atoms with Gasteiger partial charge < -0.3 is 5.11 Å². The van der Waals surface area contributed by atoms with Crippen LogP contribution in [0.3, 0.4) is 0 Å². The van der Waals surface area contributed by atoms with Crippen molar-refractivity contribution in [2.75, 3.05) is 13.1 Å². The predicted molar refractivity (Wildman–Crippen MR) is 106 cm³/mol. The third-order valence-electron chi connectivity index (χ3n) is 5.24. The van der Waals surface area contributed by atoms with Crippen molar-refractivity contribution in [3.8, 4) is 0 Å². The summed E-state index contributed by atoms with van der Waals surface area (Å²) in [5.41, 5.74) is 3.20. The molecule has 0 radical (unpaired) electrons. The lowest BCUT2D eigenvalue weighted by molar-refractivity contribution is -0.116. The highest BCUT2D eigenvalue weighted by molar-refractivity contribution is 5.36.